The first-order chi connectivity index (χ1) is 14.6. The molecule has 7 heteroatoms. The van der Waals surface area contributed by atoms with Gasteiger partial charge in [0, 0.05) is 58.0 Å². The van der Waals surface area contributed by atoms with Crippen LogP contribution in [0.1, 0.15) is 23.6 Å². The molecule has 1 aliphatic rings. The molecule has 0 bridgehead atoms. The molecule has 160 valence electrons. The van der Waals surface area contributed by atoms with Gasteiger partial charge in [-0.1, -0.05) is 18.2 Å². The van der Waals surface area contributed by atoms with Crippen LogP contribution in [0.5, 0.6) is 5.75 Å². The summed E-state index contributed by atoms with van der Waals surface area (Å²) in [6, 6.07) is 14.1. The SMILES string of the molecule is CN=C(NCC(=O)N(C)CCc1ccccn1)N1CCC(c2ccc(OC)cc2)C1. The van der Waals surface area contributed by atoms with Crippen LogP contribution in [0, 0.1) is 0 Å². The third kappa shape index (κ3) is 5.72. The van der Waals surface area contributed by atoms with Crippen LogP contribution in [0.2, 0.25) is 0 Å². The van der Waals surface area contributed by atoms with E-state index >= 15 is 0 Å². The Morgan fingerprint density at radius 1 is 1.30 bits per heavy atom. The van der Waals surface area contributed by atoms with Crippen molar-refractivity contribution in [3.63, 3.8) is 0 Å². The van der Waals surface area contributed by atoms with Crippen molar-refractivity contribution in [2.75, 3.05) is 47.4 Å². The lowest BCUT2D eigenvalue weighted by Crippen LogP contribution is -2.45. The van der Waals surface area contributed by atoms with Crippen molar-refractivity contribution in [3.8, 4) is 5.75 Å². The zero-order valence-electron chi connectivity index (χ0n) is 18.0. The Hall–Kier alpha value is -3.09. The fourth-order valence-corrected chi connectivity index (χ4v) is 3.68. The molecule has 1 fully saturated rings. The van der Waals surface area contributed by atoms with Crippen LogP contribution >= 0.6 is 0 Å². The van der Waals surface area contributed by atoms with Crippen molar-refractivity contribution in [1.29, 1.82) is 0 Å². The Morgan fingerprint density at radius 2 is 2.10 bits per heavy atom. The molecule has 0 radical (unpaired) electrons. The van der Waals surface area contributed by atoms with Gasteiger partial charge in [-0.05, 0) is 36.2 Å². The van der Waals surface area contributed by atoms with Crippen LogP contribution in [-0.2, 0) is 11.2 Å². The minimum Gasteiger partial charge on any atom is -0.497 e. The van der Waals surface area contributed by atoms with E-state index in [-0.39, 0.29) is 12.5 Å². The molecule has 1 amide bonds. The molecule has 2 aromatic rings. The van der Waals surface area contributed by atoms with Gasteiger partial charge in [0.15, 0.2) is 5.96 Å². The molecular formula is C23H31N5O2. The van der Waals surface area contributed by atoms with Crippen LogP contribution in [0.4, 0.5) is 0 Å². The van der Waals surface area contributed by atoms with Gasteiger partial charge in [0.1, 0.15) is 5.75 Å². The number of guanidine groups is 1. The zero-order valence-corrected chi connectivity index (χ0v) is 18.0. The smallest absolute Gasteiger partial charge is 0.241 e. The van der Waals surface area contributed by atoms with Gasteiger partial charge in [-0.3, -0.25) is 14.8 Å². The monoisotopic (exact) mass is 409 g/mol. The molecule has 2 heterocycles. The fourth-order valence-electron chi connectivity index (χ4n) is 3.68. The summed E-state index contributed by atoms with van der Waals surface area (Å²) in [4.78, 5) is 25.1. The number of likely N-dealkylation sites (N-methyl/N-ethyl adjacent to an activating group) is 1. The minimum absolute atomic E-state index is 0.0398. The number of aliphatic imine (C=N–C) groups is 1. The number of nitrogens with one attached hydrogen (secondary N) is 1. The van der Waals surface area contributed by atoms with Gasteiger partial charge in [-0.15, -0.1) is 0 Å². The third-order valence-electron chi connectivity index (χ3n) is 5.54. The summed E-state index contributed by atoms with van der Waals surface area (Å²) in [5, 5.41) is 3.23. The Kier molecular flexibility index (Phi) is 7.65. The highest BCUT2D eigenvalue weighted by Gasteiger charge is 2.26. The molecule has 1 N–H and O–H groups in total. The van der Waals surface area contributed by atoms with Gasteiger partial charge in [0.2, 0.25) is 5.91 Å². The van der Waals surface area contributed by atoms with Crippen LogP contribution < -0.4 is 10.1 Å². The van der Waals surface area contributed by atoms with Crippen LogP contribution in [0.3, 0.4) is 0 Å². The quantitative estimate of drug-likeness (QED) is 0.561. The van der Waals surface area contributed by atoms with E-state index < -0.39 is 0 Å². The summed E-state index contributed by atoms with van der Waals surface area (Å²) in [7, 11) is 5.27. The number of methoxy groups -OCH3 is 1. The minimum atomic E-state index is 0.0398. The highest BCUT2D eigenvalue weighted by Crippen LogP contribution is 2.28. The topological polar surface area (TPSA) is 70.1 Å². The second kappa shape index (κ2) is 10.6. The Labute approximate surface area is 178 Å². The molecule has 1 aliphatic heterocycles. The lowest BCUT2D eigenvalue weighted by molar-refractivity contribution is -0.128. The first kappa shape index (κ1) is 21.6. The maximum atomic E-state index is 12.5. The van der Waals surface area contributed by atoms with Gasteiger partial charge in [0.25, 0.3) is 0 Å². The number of benzene rings is 1. The van der Waals surface area contributed by atoms with Crippen molar-refractivity contribution in [2.24, 2.45) is 4.99 Å². The molecule has 0 saturated carbocycles. The molecule has 30 heavy (non-hydrogen) atoms. The summed E-state index contributed by atoms with van der Waals surface area (Å²) < 4.78 is 5.25. The number of nitrogens with zero attached hydrogens (tertiary/aromatic N) is 4. The highest BCUT2D eigenvalue weighted by molar-refractivity contribution is 5.86. The molecule has 1 saturated heterocycles. The summed E-state index contributed by atoms with van der Waals surface area (Å²) in [6.07, 6.45) is 3.58. The van der Waals surface area contributed by atoms with Crippen molar-refractivity contribution in [3.05, 3.63) is 59.9 Å². The molecule has 1 atom stereocenters. The van der Waals surface area contributed by atoms with Crippen molar-refractivity contribution >= 4 is 11.9 Å². The highest BCUT2D eigenvalue weighted by atomic mass is 16.5. The number of carbonyl (C=O) groups is 1. The number of aromatic nitrogens is 1. The number of likely N-dealkylation sites (tertiary alicyclic amines) is 1. The van der Waals surface area contributed by atoms with E-state index in [0.717, 1.165) is 43.3 Å². The molecule has 1 unspecified atom stereocenters. The van der Waals surface area contributed by atoms with Gasteiger partial charge in [0.05, 0.1) is 13.7 Å². The normalized spacial score (nSPS) is 16.4. The number of hydrogen-bond acceptors (Lipinski definition) is 4. The Balaban J connectivity index is 1.46. The average molecular weight is 410 g/mol. The van der Waals surface area contributed by atoms with E-state index in [9.17, 15) is 4.79 Å². The van der Waals surface area contributed by atoms with Crippen LogP contribution in [0.15, 0.2) is 53.7 Å². The Bertz CT molecular complexity index is 838. The van der Waals surface area contributed by atoms with Gasteiger partial charge in [-0.25, -0.2) is 0 Å². The average Bonchev–Trinajstić information content (AvgIpc) is 3.28. The second-order valence-electron chi connectivity index (χ2n) is 7.49. The Morgan fingerprint density at radius 3 is 2.77 bits per heavy atom. The van der Waals surface area contributed by atoms with Crippen LogP contribution in [-0.4, -0.2) is 74.0 Å². The molecule has 0 aliphatic carbocycles. The largest absolute Gasteiger partial charge is 0.497 e. The summed E-state index contributed by atoms with van der Waals surface area (Å²) in [6.45, 7) is 2.67. The zero-order chi connectivity index (χ0) is 21.3. The standard InChI is InChI=1S/C23H31N5O2/c1-24-23(26-16-22(29)27(2)14-12-20-6-4-5-13-25-20)28-15-11-19(17-28)18-7-9-21(30-3)10-8-18/h4-10,13,19H,11-12,14-17H2,1-3H3,(H,24,26). The van der Waals surface area contributed by atoms with Crippen molar-refractivity contribution in [1.82, 2.24) is 20.1 Å². The van der Waals surface area contributed by atoms with Crippen molar-refractivity contribution in [2.45, 2.75) is 18.8 Å². The summed E-state index contributed by atoms with van der Waals surface area (Å²) >= 11 is 0. The maximum absolute atomic E-state index is 12.5. The molecule has 7 nitrogen and oxygen atoms in total. The van der Waals surface area contributed by atoms with Gasteiger partial charge >= 0.3 is 0 Å². The number of pyridine rings is 1. The molecule has 1 aromatic carbocycles. The molecular weight excluding hydrogens is 378 g/mol. The third-order valence-corrected chi connectivity index (χ3v) is 5.54. The van der Waals surface area contributed by atoms with E-state index in [0.29, 0.717) is 12.5 Å². The van der Waals surface area contributed by atoms with E-state index in [4.69, 9.17) is 4.74 Å². The summed E-state index contributed by atoms with van der Waals surface area (Å²) in [5.41, 5.74) is 2.29. The number of hydrogen-bond donors (Lipinski definition) is 1. The van der Waals surface area contributed by atoms with E-state index in [2.05, 4.69) is 32.3 Å². The van der Waals surface area contributed by atoms with Crippen LogP contribution in [0.25, 0.3) is 0 Å². The molecule has 0 spiro atoms. The number of rotatable bonds is 7. The van der Waals surface area contributed by atoms with E-state index in [1.54, 1.807) is 25.3 Å². The van der Waals surface area contributed by atoms with E-state index in [1.165, 1.54) is 5.56 Å². The van der Waals surface area contributed by atoms with E-state index in [1.807, 2.05) is 37.4 Å². The number of amides is 1. The molecule has 1 aromatic heterocycles. The lowest BCUT2D eigenvalue weighted by atomic mass is 9.98. The summed E-state index contributed by atoms with van der Waals surface area (Å²) in [5.74, 6) is 2.14. The van der Waals surface area contributed by atoms with Gasteiger partial charge < -0.3 is 19.9 Å². The maximum Gasteiger partial charge on any atom is 0.241 e. The van der Waals surface area contributed by atoms with Crippen molar-refractivity contribution < 1.29 is 9.53 Å². The fraction of sp³-hybridized carbons (Fsp3) is 0.435. The van der Waals surface area contributed by atoms with Gasteiger partial charge in [-0.2, -0.15) is 0 Å². The predicted octanol–water partition coefficient (Wildman–Crippen LogP) is 2.16. The number of ether oxygens (including phenoxy) is 1. The predicted molar refractivity (Wildman–Crippen MR) is 119 cm³/mol. The number of carbonyl (C=O) groups excluding carboxylic acids is 1. The molecule has 3 rings (SSSR count). The lowest BCUT2D eigenvalue weighted by Gasteiger charge is -2.23. The first-order valence-electron chi connectivity index (χ1n) is 10.3. The second-order valence-corrected chi connectivity index (χ2v) is 7.49. The first-order valence-corrected chi connectivity index (χ1v) is 10.3.